The Morgan fingerprint density at radius 2 is 2.00 bits per heavy atom. The topological polar surface area (TPSA) is 46.9 Å². The number of hydrogen-bond donors (Lipinski definition) is 1. The average Bonchev–Trinajstić information content (AvgIpc) is 2.93. The van der Waals surface area contributed by atoms with E-state index in [1.165, 1.54) is 36.2 Å². The third kappa shape index (κ3) is 3.53. The van der Waals surface area contributed by atoms with E-state index in [-0.39, 0.29) is 18.1 Å². The van der Waals surface area contributed by atoms with Crippen LogP contribution in [0.15, 0.2) is 30.5 Å². The number of amides is 1. The van der Waals surface area contributed by atoms with Gasteiger partial charge in [0.25, 0.3) is 0 Å². The number of benzene rings is 1. The van der Waals surface area contributed by atoms with Crippen LogP contribution in [-0.4, -0.2) is 22.2 Å². The highest BCUT2D eigenvalue weighted by Gasteiger charge is 2.14. The number of halogens is 1. The van der Waals surface area contributed by atoms with Crippen LogP contribution in [0.1, 0.15) is 29.7 Å². The van der Waals surface area contributed by atoms with E-state index >= 15 is 0 Å². The van der Waals surface area contributed by atoms with E-state index in [2.05, 4.69) is 10.4 Å². The van der Waals surface area contributed by atoms with Crippen LogP contribution >= 0.6 is 0 Å². The molecule has 1 aromatic heterocycles. The van der Waals surface area contributed by atoms with Gasteiger partial charge in [-0.2, -0.15) is 5.10 Å². The van der Waals surface area contributed by atoms with Crippen LogP contribution in [-0.2, 0) is 30.6 Å². The van der Waals surface area contributed by atoms with Crippen molar-refractivity contribution in [3.8, 4) is 0 Å². The molecular weight excluding hydrogens is 281 g/mol. The molecule has 1 amide bonds. The lowest BCUT2D eigenvalue weighted by atomic mass is 9.98. The number of aryl methyl sites for hydroxylation is 1. The third-order valence-electron chi connectivity index (χ3n) is 4.07. The van der Waals surface area contributed by atoms with Gasteiger partial charge in [0, 0.05) is 12.2 Å². The zero-order chi connectivity index (χ0) is 15.4. The molecule has 0 spiro atoms. The maximum atomic E-state index is 12.8. The van der Waals surface area contributed by atoms with Crippen molar-refractivity contribution in [3.63, 3.8) is 0 Å². The predicted octanol–water partition coefficient (Wildman–Crippen LogP) is 2.26. The van der Waals surface area contributed by atoms with Crippen molar-refractivity contribution in [1.29, 1.82) is 0 Å². The van der Waals surface area contributed by atoms with Crippen LogP contribution in [0.4, 0.5) is 4.39 Å². The second-order valence-corrected chi connectivity index (χ2v) is 5.70. The lowest BCUT2D eigenvalue weighted by Crippen LogP contribution is -2.29. The summed E-state index contributed by atoms with van der Waals surface area (Å²) >= 11 is 0. The first-order valence-electron chi connectivity index (χ1n) is 7.77. The minimum atomic E-state index is -0.285. The second-order valence-electron chi connectivity index (χ2n) is 5.70. The molecule has 116 valence electrons. The van der Waals surface area contributed by atoms with Gasteiger partial charge in [-0.15, -0.1) is 0 Å². The highest BCUT2D eigenvalue weighted by Crippen LogP contribution is 2.20. The normalized spacial score (nSPS) is 13.7. The van der Waals surface area contributed by atoms with Gasteiger partial charge in [-0.3, -0.25) is 9.48 Å². The Hall–Kier alpha value is -2.17. The average molecular weight is 301 g/mol. The molecule has 2 aromatic rings. The van der Waals surface area contributed by atoms with E-state index in [9.17, 15) is 9.18 Å². The molecule has 0 atom stereocenters. The largest absolute Gasteiger partial charge is 0.354 e. The number of nitrogens with one attached hydrogen (secondary N) is 1. The smallest absolute Gasteiger partial charge is 0.224 e. The number of carbonyl (C=O) groups excluding carboxylic acids is 1. The number of rotatable bonds is 5. The molecule has 1 aliphatic carbocycles. The molecule has 5 heteroatoms. The summed E-state index contributed by atoms with van der Waals surface area (Å²) in [5.74, 6) is -0.333. The Morgan fingerprint density at radius 3 is 2.82 bits per heavy atom. The Balaban J connectivity index is 1.47. The molecule has 0 unspecified atom stereocenters. The van der Waals surface area contributed by atoms with Gasteiger partial charge in [0.2, 0.25) is 5.91 Å². The fourth-order valence-electron chi connectivity index (χ4n) is 2.90. The van der Waals surface area contributed by atoms with E-state index in [4.69, 9.17) is 0 Å². The van der Waals surface area contributed by atoms with E-state index in [0.29, 0.717) is 13.1 Å². The van der Waals surface area contributed by atoms with Crippen LogP contribution in [0.3, 0.4) is 0 Å². The van der Waals surface area contributed by atoms with Gasteiger partial charge >= 0.3 is 0 Å². The minimum Gasteiger partial charge on any atom is -0.354 e. The molecule has 0 radical (unpaired) electrons. The molecular formula is C17H20FN3O. The summed E-state index contributed by atoms with van der Waals surface area (Å²) < 4.78 is 14.8. The summed E-state index contributed by atoms with van der Waals surface area (Å²) in [6.07, 6.45) is 6.89. The van der Waals surface area contributed by atoms with E-state index in [1.54, 1.807) is 12.1 Å². The van der Waals surface area contributed by atoms with Gasteiger partial charge in [-0.1, -0.05) is 12.1 Å². The molecule has 4 nitrogen and oxygen atoms in total. The Morgan fingerprint density at radius 1 is 1.23 bits per heavy atom. The first-order valence-corrected chi connectivity index (χ1v) is 7.77. The van der Waals surface area contributed by atoms with E-state index in [1.807, 2.05) is 10.9 Å². The highest BCUT2D eigenvalue weighted by molar-refractivity contribution is 5.78. The number of nitrogens with zero attached hydrogens (tertiary/aromatic N) is 2. The van der Waals surface area contributed by atoms with Gasteiger partial charge in [0.15, 0.2) is 0 Å². The van der Waals surface area contributed by atoms with Crippen molar-refractivity contribution in [2.45, 2.75) is 38.6 Å². The monoisotopic (exact) mass is 301 g/mol. The van der Waals surface area contributed by atoms with Crippen molar-refractivity contribution in [2.24, 2.45) is 0 Å². The number of hydrogen-bond acceptors (Lipinski definition) is 2. The van der Waals surface area contributed by atoms with Gasteiger partial charge in [0.05, 0.1) is 19.2 Å². The van der Waals surface area contributed by atoms with Crippen molar-refractivity contribution in [2.75, 3.05) is 6.54 Å². The minimum absolute atomic E-state index is 0.0485. The molecule has 0 bridgehead atoms. The maximum Gasteiger partial charge on any atom is 0.224 e. The van der Waals surface area contributed by atoms with Crippen LogP contribution in [0.2, 0.25) is 0 Å². The SMILES string of the molecule is O=C(Cc1ccc(F)cc1)NCCn1ncc2c1CCCC2. The molecule has 0 saturated carbocycles. The van der Waals surface area contributed by atoms with E-state index < -0.39 is 0 Å². The Labute approximate surface area is 129 Å². The maximum absolute atomic E-state index is 12.8. The Kier molecular flexibility index (Phi) is 4.51. The summed E-state index contributed by atoms with van der Waals surface area (Å²) in [5, 5.41) is 7.31. The summed E-state index contributed by atoms with van der Waals surface area (Å²) in [4.78, 5) is 11.9. The quantitative estimate of drug-likeness (QED) is 0.921. The lowest BCUT2D eigenvalue weighted by Gasteiger charge is -2.14. The molecule has 1 aliphatic rings. The number of fused-ring (bicyclic) bond motifs is 1. The zero-order valence-corrected chi connectivity index (χ0v) is 12.5. The van der Waals surface area contributed by atoms with Crippen molar-refractivity contribution < 1.29 is 9.18 Å². The molecule has 1 aromatic carbocycles. The van der Waals surface area contributed by atoms with Crippen LogP contribution in [0, 0.1) is 5.82 Å². The Bertz CT molecular complexity index is 648. The molecule has 3 rings (SSSR count). The molecule has 0 aliphatic heterocycles. The molecule has 1 heterocycles. The van der Waals surface area contributed by atoms with Gasteiger partial charge in [-0.05, 0) is 48.9 Å². The summed E-state index contributed by atoms with van der Waals surface area (Å²) in [6, 6.07) is 6.02. The van der Waals surface area contributed by atoms with Crippen molar-refractivity contribution in [3.05, 3.63) is 53.1 Å². The van der Waals surface area contributed by atoms with E-state index in [0.717, 1.165) is 18.4 Å². The van der Waals surface area contributed by atoms with Gasteiger partial charge < -0.3 is 5.32 Å². The van der Waals surface area contributed by atoms with Crippen LogP contribution in [0.5, 0.6) is 0 Å². The first-order chi connectivity index (χ1) is 10.7. The van der Waals surface area contributed by atoms with Gasteiger partial charge in [0.1, 0.15) is 5.82 Å². The first kappa shape index (κ1) is 14.8. The highest BCUT2D eigenvalue weighted by atomic mass is 19.1. The number of carbonyl (C=O) groups is 1. The van der Waals surface area contributed by atoms with Crippen molar-refractivity contribution in [1.82, 2.24) is 15.1 Å². The molecule has 0 fully saturated rings. The molecule has 0 saturated heterocycles. The third-order valence-corrected chi connectivity index (χ3v) is 4.07. The zero-order valence-electron chi connectivity index (χ0n) is 12.5. The fraction of sp³-hybridized carbons (Fsp3) is 0.412. The van der Waals surface area contributed by atoms with Crippen LogP contribution in [0.25, 0.3) is 0 Å². The predicted molar refractivity (Wildman–Crippen MR) is 82.0 cm³/mol. The number of aromatic nitrogens is 2. The standard InChI is InChI=1S/C17H20FN3O/c18-15-7-5-13(6-8-15)11-17(22)19-9-10-21-16-4-2-1-3-14(16)12-20-21/h5-8,12H,1-4,9-11H2,(H,19,22). The van der Waals surface area contributed by atoms with Crippen LogP contribution < -0.4 is 5.32 Å². The molecule has 22 heavy (non-hydrogen) atoms. The fourth-order valence-corrected chi connectivity index (χ4v) is 2.90. The summed E-state index contributed by atoms with van der Waals surface area (Å²) in [5.41, 5.74) is 3.48. The summed E-state index contributed by atoms with van der Waals surface area (Å²) in [6.45, 7) is 1.26. The lowest BCUT2D eigenvalue weighted by molar-refractivity contribution is -0.120. The van der Waals surface area contributed by atoms with Crippen molar-refractivity contribution >= 4 is 5.91 Å². The summed E-state index contributed by atoms with van der Waals surface area (Å²) in [7, 11) is 0. The van der Waals surface area contributed by atoms with Gasteiger partial charge in [-0.25, -0.2) is 4.39 Å². The molecule has 1 N–H and O–H groups in total. The second kappa shape index (κ2) is 6.73.